The highest BCUT2D eigenvalue weighted by atomic mass is 15.1. The predicted octanol–water partition coefficient (Wildman–Crippen LogP) is 2.62. The summed E-state index contributed by atoms with van der Waals surface area (Å²) in [6.07, 6.45) is 8.99. The highest BCUT2D eigenvalue weighted by molar-refractivity contribution is 5.05. The highest BCUT2D eigenvalue weighted by Crippen LogP contribution is 2.35. The van der Waals surface area contributed by atoms with Crippen molar-refractivity contribution in [2.45, 2.75) is 83.1 Å². The molecule has 0 bridgehead atoms. The largest absolute Gasteiger partial charge is 0.330 e. The summed E-state index contributed by atoms with van der Waals surface area (Å²) < 4.78 is 2.35. The summed E-state index contributed by atoms with van der Waals surface area (Å²) in [7, 11) is 0. The molecule has 0 spiro atoms. The zero-order chi connectivity index (χ0) is 14.4. The molecular weight excluding hydrogens is 248 g/mol. The van der Waals surface area contributed by atoms with Gasteiger partial charge in [0.15, 0.2) is 0 Å². The van der Waals surface area contributed by atoms with Gasteiger partial charge in [0.05, 0.1) is 12.0 Å². The van der Waals surface area contributed by atoms with Gasteiger partial charge in [0.1, 0.15) is 0 Å². The predicted molar refractivity (Wildman–Crippen MR) is 81.7 cm³/mol. The Morgan fingerprint density at radius 3 is 2.50 bits per heavy atom. The smallest absolute Gasteiger partial charge is 0.0951 e. The van der Waals surface area contributed by atoms with Crippen LogP contribution in [0.4, 0.5) is 0 Å². The molecule has 2 fully saturated rings. The van der Waals surface area contributed by atoms with Crippen LogP contribution in [0.3, 0.4) is 0 Å². The van der Waals surface area contributed by atoms with Crippen molar-refractivity contribution < 1.29 is 0 Å². The first-order valence-electron chi connectivity index (χ1n) is 7.88. The van der Waals surface area contributed by atoms with Gasteiger partial charge in [-0.1, -0.05) is 0 Å². The molecule has 0 radical (unpaired) electrons. The zero-order valence-electron chi connectivity index (χ0n) is 13.2. The highest BCUT2D eigenvalue weighted by Gasteiger charge is 2.37. The van der Waals surface area contributed by atoms with E-state index < -0.39 is 0 Å². The molecule has 112 valence electrons. The second-order valence-corrected chi connectivity index (χ2v) is 7.90. The molecule has 4 nitrogen and oxygen atoms in total. The Morgan fingerprint density at radius 2 is 1.90 bits per heavy atom. The summed E-state index contributed by atoms with van der Waals surface area (Å²) in [5.41, 5.74) is 1.74. The zero-order valence-corrected chi connectivity index (χ0v) is 13.2. The maximum absolute atomic E-state index is 4.31. The first kappa shape index (κ1) is 14.1. The summed E-state index contributed by atoms with van der Waals surface area (Å²) in [6, 6.07) is 1.29. The van der Waals surface area contributed by atoms with E-state index in [9.17, 15) is 0 Å². The molecule has 2 heterocycles. The molecule has 1 saturated carbocycles. The minimum Gasteiger partial charge on any atom is -0.330 e. The van der Waals surface area contributed by atoms with Crippen molar-refractivity contribution in [1.29, 1.82) is 0 Å². The summed E-state index contributed by atoms with van der Waals surface area (Å²) in [4.78, 5) is 4.31. The van der Waals surface area contributed by atoms with Gasteiger partial charge in [-0.25, -0.2) is 4.98 Å². The maximum atomic E-state index is 4.31. The van der Waals surface area contributed by atoms with Gasteiger partial charge in [0.2, 0.25) is 0 Å². The topological polar surface area (TPSA) is 41.9 Å². The lowest BCUT2D eigenvalue weighted by Gasteiger charge is -2.46. The van der Waals surface area contributed by atoms with Crippen LogP contribution in [0.5, 0.6) is 0 Å². The molecule has 3 rings (SSSR count). The third-order valence-corrected chi connectivity index (χ3v) is 4.45. The average molecular weight is 276 g/mol. The molecule has 2 N–H and O–H groups in total. The second-order valence-electron chi connectivity index (χ2n) is 7.90. The molecule has 0 atom stereocenters. The van der Waals surface area contributed by atoms with Gasteiger partial charge in [-0.2, -0.15) is 0 Å². The molecule has 4 heteroatoms. The third kappa shape index (κ3) is 3.23. The lowest BCUT2D eigenvalue weighted by molar-refractivity contribution is 0.145. The van der Waals surface area contributed by atoms with Gasteiger partial charge >= 0.3 is 0 Å². The molecule has 0 unspecified atom stereocenters. The Hall–Kier alpha value is -0.870. The number of imidazole rings is 1. The van der Waals surface area contributed by atoms with Gasteiger partial charge in [-0.05, 0) is 53.4 Å². The van der Waals surface area contributed by atoms with E-state index >= 15 is 0 Å². The van der Waals surface area contributed by atoms with Gasteiger partial charge in [-0.3, -0.25) is 0 Å². The van der Waals surface area contributed by atoms with Crippen molar-refractivity contribution in [3.8, 4) is 0 Å². The first-order valence-corrected chi connectivity index (χ1v) is 7.88. The van der Waals surface area contributed by atoms with Crippen molar-refractivity contribution in [3.63, 3.8) is 0 Å². The molecule has 1 aliphatic heterocycles. The Morgan fingerprint density at radius 1 is 1.25 bits per heavy atom. The van der Waals surface area contributed by atoms with Crippen molar-refractivity contribution in [3.05, 3.63) is 18.2 Å². The minimum atomic E-state index is 0.205. The number of hydrogen-bond donors (Lipinski definition) is 2. The molecule has 0 amide bonds. The fourth-order valence-corrected chi connectivity index (χ4v) is 3.87. The van der Waals surface area contributed by atoms with Crippen LogP contribution in [0.25, 0.3) is 0 Å². The summed E-state index contributed by atoms with van der Waals surface area (Å²) in [5.74, 6) is 0. The van der Waals surface area contributed by atoms with E-state index in [1.54, 1.807) is 0 Å². The van der Waals surface area contributed by atoms with E-state index in [1.165, 1.54) is 31.4 Å². The molecule has 0 aromatic carbocycles. The molecule has 1 aromatic rings. The first-order chi connectivity index (χ1) is 9.35. The Labute approximate surface area is 122 Å². The number of aromatic nitrogens is 2. The van der Waals surface area contributed by atoms with Crippen molar-refractivity contribution in [2.24, 2.45) is 0 Å². The second kappa shape index (κ2) is 4.85. The molecule has 1 aliphatic carbocycles. The van der Waals surface area contributed by atoms with Crippen LogP contribution in [-0.4, -0.2) is 26.7 Å². The fraction of sp³-hybridized carbons (Fsp3) is 0.812. The lowest BCUT2D eigenvalue weighted by atomic mass is 9.79. The van der Waals surface area contributed by atoms with Crippen LogP contribution in [0, 0.1) is 0 Å². The van der Waals surface area contributed by atoms with E-state index in [2.05, 4.69) is 47.9 Å². The molecule has 20 heavy (non-hydrogen) atoms. The monoisotopic (exact) mass is 276 g/mol. The van der Waals surface area contributed by atoms with Crippen LogP contribution in [0.15, 0.2) is 12.5 Å². The van der Waals surface area contributed by atoms with Crippen LogP contribution in [-0.2, 0) is 6.54 Å². The normalized spacial score (nSPS) is 25.8. The number of piperidine rings is 1. The third-order valence-electron chi connectivity index (χ3n) is 4.45. The SMILES string of the molecule is CC1(C)CC(NCc2cncn2C2CC2)CC(C)(C)N1. The van der Waals surface area contributed by atoms with Gasteiger partial charge in [-0.15, -0.1) is 0 Å². The lowest BCUT2D eigenvalue weighted by Crippen LogP contribution is -2.61. The molecule has 1 saturated heterocycles. The number of hydrogen-bond acceptors (Lipinski definition) is 3. The fourth-order valence-electron chi connectivity index (χ4n) is 3.87. The summed E-state index contributed by atoms with van der Waals surface area (Å²) in [6.45, 7) is 10.1. The van der Waals surface area contributed by atoms with Crippen molar-refractivity contribution >= 4 is 0 Å². The maximum Gasteiger partial charge on any atom is 0.0951 e. The van der Waals surface area contributed by atoms with E-state index in [0.717, 1.165) is 12.6 Å². The number of rotatable bonds is 4. The number of nitrogens with zero attached hydrogens (tertiary/aromatic N) is 2. The summed E-state index contributed by atoms with van der Waals surface area (Å²) in [5, 5.41) is 7.49. The number of nitrogens with one attached hydrogen (secondary N) is 2. The van der Waals surface area contributed by atoms with E-state index in [4.69, 9.17) is 0 Å². The van der Waals surface area contributed by atoms with E-state index in [1.807, 2.05) is 12.5 Å². The average Bonchev–Trinajstić information content (AvgIpc) is 3.02. The Bertz CT molecular complexity index is 455. The van der Waals surface area contributed by atoms with Crippen LogP contribution in [0.2, 0.25) is 0 Å². The van der Waals surface area contributed by atoms with Crippen LogP contribution < -0.4 is 10.6 Å². The van der Waals surface area contributed by atoms with Gasteiger partial charge < -0.3 is 15.2 Å². The quantitative estimate of drug-likeness (QED) is 0.888. The Balaban J connectivity index is 1.61. The van der Waals surface area contributed by atoms with Gasteiger partial charge in [0, 0.05) is 35.9 Å². The van der Waals surface area contributed by atoms with Crippen LogP contribution in [0.1, 0.15) is 65.1 Å². The van der Waals surface area contributed by atoms with E-state index in [-0.39, 0.29) is 11.1 Å². The van der Waals surface area contributed by atoms with Crippen LogP contribution >= 0.6 is 0 Å². The molecular formula is C16H28N4. The summed E-state index contributed by atoms with van der Waals surface area (Å²) >= 11 is 0. The van der Waals surface area contributed by atoms with Crippen molar-refractivity contribution in [2.75, 3.05) is 0 Å². The molecule has 2 aliphatic rings. The standard InChI is InChI=1S/C16H28N4/c1-15(2)7-12(8-16(3,4)19-15)18-10-14-9-17-11-20(14)13-5-6-13/h9,11-13,18-19H,5-8,10H2,1-4H3. The minimum absolute atomic E-state index is 0.205. The van der Waals surface area contributed by atoms with Crippen molar-refractivity contribution in [1.82, 2.24) is 20.2 Å². The van der Waals surface area contributed by atoms with E-state index in [0.29, 0.717) is 6.04 Å². The van der Waals surface area contributed by atoms with Gasteiger partial charge in [0.25, 0.3) is 0 Å². The Kier molecular flexibility index (Phi) is 3.41. The molecule has 1 aromatic heterocycles.